The van der Waals surface area contributed by atoms with E-state index >= 15 is 0 Å². The number of carbonyl (C=O) groups excluding carboxylic acids is 2. The number of ether oxygens (including phenoxy) is 2. The second-order valence-electron chi connectivity index (χ2n) is 5.99. The van der Waals surface area contributed by atoms with Gasteiger partial charge in [0.05, 0.1) is 11.2 Å². The minimum atomic E-state index is -0.353. The zero-order chi connectivity index (χ0) is 18.8. The molecule has 0 spiro atoms. The van der Waals surface area contributed by atoms with Gasteiger partial charge in [-0.25, -0.2) is 9.97 Å². The lowest BCUT2D eigenvalue weighted by Crippen LogP contribution is -2.24. The van der Waals surface area contributed by atoms with E-state index in [0.29, 0.717) is 48.0 Å². The highest BCUT2D eigenvalue weighted by atomic mass is 16.6. The Kier molecular flexibility index (Phi) is 4.33. The Morgan fingerprint density at radius 3 is 2.81 bits per heavy atom. The molecule has 1 aromatic carbocycles. The Balaban J connectivity index is 1.51. The van der Waals surface area contributed by atoms with Crippen molar-refractivity contribution in [2.75, 3.05) is 18.5 Å². The van der Waals surface area contributed by atoms with Gasteiger partial charge < -0.3 is 25.1 Å². The zero-order valence-electron chi connectivity index (χ0n) is 14.5. The molecule has 2 aromatic heterocycles. The topological polar surface area (TPSA) is 118 Å². The van der Waals surface area contributed by atoms with Crippen molar-refractivity contribution < 1.29 is 19.1 Å². The summed E-state index contributed by atoms with van der Waals surface area (Å²) in [7, 11) is 0. The van der Waals surface area contributed by atoms with Crippen molar-refractivity contribution in [2.45, 2.75) is 13.5 Å². The van der Waals surface area contributed by atoms with Crippen molar-refractivity contribution >= 4 is 28.5 Å². The average Bonchev–Trinajstić information content (AvgIpc) is 3.08. The van der Waals surface area contributed by atoms with Gasteiger partial charge in [-0.05, 0) is 17.7 Å². The average molecular weight is 367 g/mol. The highest BCUT2D eigenvalue weighted by Gasteiger charge is 2.17. The Hall–Kier alpha value is -3.62. The molecule has 0 saturated carbocycles. The third-order valence-electron chi connectivity index (χ3n) is 4.05. The van der Waals surface area contributed by atoms with Crippen LogP contribution in [-0.4, -0.2) is 40.0 Å². The number of nitrogens with zero attached hydrogens (tertiary/aromatic N) is 2. The molecule has 138 valence electrons. The van der Waals surface area contributed by atoms with Gasteiger partial charge in [0.2, 0.25) is 5.91 Å². The summed E-state index contributed by atoms with van der Waals surface area (Å²) in [6, 6.07) is 5.53. The zero-order valence-corrected chi connectivity index (χ0v) is 14.5. The van der Waals surface area contributed by atoms with E-state index in [1.807, 2.05) is 18.2 Å². The van der Waals surface area contributed by atoms with Crippen LogP contribution in [0.1, 0.15) is 23.0 Å². The van der Waals surface area contributed by atoms with Gasteiger partial charge in [-0.3, -0.25) is 9.59 Å². The van der Waals surface area contributed by atoms with Gasteiger partial charge in [-0.15, -0.1) is 0 Å². The second-order valence-corrected chi connectivity index (χ2v) is 5.99. The molecule has 0 unspecified atom stereocenters. The van der Waals surface area contributed by atoms with E-state index in [1.165, 1.54) is 13.3 Å². The van der Waals surface area contributed by atoms with Crippen LogP contribution in [0.2, 0.25) is 0 Å². The number of aromatic nitrogens is 3. The van der Waals surface area contributed by atoms with Crippen molar-refractivity contribution in [1.82, 2.24) is 20.3 Å². The summed E-state index contributed by atoms with van der Waals surface area (Å²) in [6.07, 6.45) is 2.87. The maximum atomic E-state index is 12.6. The van der Waals surface area contributed by atoms with E-state index in [9.17, 15) is 9.59 Å². The van der Waals surface area contributed by atoms with E-state index in [-0.39, 0.29) is 17.5 Å². The number of benzene rings is 1. The maximum absolute atomic E-state index is 12.6. The Labute approximate surface area is 154 Å². The van der Waals surface area contributed by atoms with Gasteiger partial charge in [-0.1, -0.05) is 6.07 Å². The number of amides is 2. The van der Waals surface area contributed by atoms with Crippen LogP contribution < -0.4 is 20.1 Å². The van der Waals surface area contributed by atoms with E-state index in [1.54, 1.807) is 6.20 Å². The summed E-state index contributed by atoms with van der Waals surface area (Å²) in [6.45, 7) is 2.75. The smallest absolute Gasteiger partial charge is 0.272 e. The lowest BCUT2D eigenvalue weighted by molar-refractivity contribution is -0.114. The molecule has 1 aliphatic rings. The van der Waals surface area contributed by atoms with E-state index < -0.39 is 0 Å². The molecule has 1 aliphatic heterocycles. The molecule has 0 fully saturated rings. The fourth-order valence-corrected chi connectivity index (χ4v) is 2.86. The first-order chi connectivity index (χ1) is 13.1. The molecule has 9 heteroatoms. The molecule has 0 bridgehead atoms. The summed E-state index contributed by atoms with van der Waals surface area (Å²) in [4.78, 5) is 35.0. The lowest BCUT2D eigenvalue weighted by Gasteiger charge is -2.18. The van der Waals surface area contributed by atoms with E-state index in [2.05, 4.69) is 25.6 Å². The van der Waals surface area contributed by atoms with Crippen molar-refractivity contribution in [3.63, 3.8) is 0 Å². The summed E-state index contributed by atoms with van der Waals surface area (Å²) in [5.41, 5.74) is 2.52. The van der Waals surface area contributed by atoms with Crippen molar-refractivity contribution in [3.8, 4) is 11.5 Å². The molecule has 0 radical (unpaired) electrons. The molecule has 3 heterocycles. The van der Waals surface area contributed by atoms with Crippen molar-refractivity contribution in [2.24, 2.45) is 0 Å². The molecular formula is C18H17N5O4. The minimum Gasteiger partial charge on any atom is -0.486 e. The Morgan fingerprint density at radius 1 is 1.19 bits per heavy atom. The number of rotatable bonds is 4. The fourth-order valence-electron chi connectivity index (χ4n) is 2.86. The molecule has 27 heavy (non-hydrogen) atoms. The summed E-state index contributed by atoms with van der Waals surface area (Å²) in [5, 5.41) is 5.49. The van der Waals surface area contributed by atoms with Gasteiger partial charge in [0.15, 0.2) is 17.2 Å². The number of H-pyrrole nitrogens is 1. The molecule has 4 rings (SSSR count). The fraction of sp³-hybridized carbons (Fsp3) is 0.222. The van der Waals surface area contributed by atoms with Crippen molar-refractivity contribution in [3.05, 3.63) is 42.0 Å². The molecule has 0 aliphatic carbocycles. The van der Waals surface area contributed by atoms with E-state index in [4.69, 9.17) is 9.47 Å². The minimum absolute atomic E-state index is 0.203. The summed E-state index contributed by atoms with van der Waals surface area (Å²) < 4.78 is 11.0. The number of anilines is 1. The number of carbonyl (C=O) groups is 2. The molecule has 9 nitrogen and oxygen atoms in total. The molecule has 2 amide bonds. The molecule has 3 N–H and O–H groups in total. The number of nitrogens with one attached hydrogen (secondary N) is 3. The highest BCUT2D eigenvalue weighted by Crippen LogP contribution is 2.30. The molecule has 3 aromatic rings. The van der Waals surface area contributed by atoms with Crippen LogP contribution in [0.25, 0.3) is 11.0 Å². The van der Waals surface area contributed by atoms with Gasteiger partial charge >= 0.3 is 0 Å². The molecular weight excluding hydrogens is 350 g/mol. The third-order valence-corrected chi connectivity index (χ3v) is 4.05. The SMILES string of the molecule is CC(=O)Nc1c[nH]c2c(C(=O)NCc3ccc4c(c3)OCCO4)ncnc12. The quantitative estimate of drug-likeness (QED) is 0.645. The predicted molar refractivity (Wildman–Crippen MR) is 96.8 cm³/mol. The number of aromatic amines is 1. The normalized spacial score (nSPS) is 12.6. The summed E-state index contributed by atoms with van der Waals surface area (Å²) >= 11 is 0. The largest absolute Gasteiger partial charge is 0.486 e. The lowest BCUT2D eigenvalue weighted by atomic mass is 10.2. The van der Waals surface area contributed by atoms with Gasteiger partial charge in [-0.2, -0.15) is 0 Å². The first-order valence-electron chi connectivity index (χ1n) is 8.38. The standard InChI is InChI=1S/C18H17N5O4/c1-10(24)23-12-8-19-16-15(12)21-9-22-17(16)18(25)20-7-11-2-3-13-14(6-11)27-5-4-26-13/h2-3,6,8-9,19H,4-5,7H2,1H3,(H,20,25)(H,23,24). The van der Waals surface area contributed by atoms with Crippen LogP contribution in [0.4, 0.5) is 5.69 Å². The highest BCUT2D eigenvalue weighted by molar-refractivity contribution is 6.07. The van der Waals surface area contributed by atoms with Gasteiger partial charge in [0.1, 0.15) is 25.1 Å². The third kappa shape index (κ3) is 3.39. The number of hydrogen-bond donors (Lipinski definition) is 3. The van der Waals surface area contributed by atoms with Crippen LogP contribution >= 0.6 is 0 Å². The van der Waals surface area contributed by atoms with Crippen LogP contribution in [0.3, 0.4) is 0 Å². The van der Waals surface area contributed by atoms with Crippen LogP contribution in [0.5, 0.6) is 11.5 Å². The van der Waals surface area contributed by atoms with Crippen LogP contribution in [0.15, 0.2) is 30.7 Å². The van der Waals surface area contributed by atoms with Gasteiger partial charge in [0.25, 0.3) is 5.91 Å². The van der Waals surface area contributed by atoms with Crippen LogP contribution in [0, 0.1) is 0 Å². The second kappa shape index (κ2) is 6.94. The molecule has 0 atom stereocenters. The number of fused-ring (bicyclic) bond motifs is 2. The monoisotopic (exact) mass is 367 g/mol. The maximum Gasteiger partial charge on any atom is 0.272 e. The molecule has 0 saturated heterocycles. The summed E-state index contributed by atoms with van der Waals surface area (Å²) in [5.74, 6) is 0.792. The Morgan fingerprint density at radius 2 is 2.00 bits per heavy atom. The van der Waals surface area contributed by atoms with Crippen molar-refractivity contribution in [1.29, 1.82) is 0 Å². The first-order valence-corrected chi connectivity index (χ1v) is 8.38. The van der Waals surface area contributed by atoms with Gasteiger partial charge in [0, 0.05) is 19.7 Å². The Bertz CT molecular complexity index is 1030. The first kappa shape index (κ1) is 16.8. The van der Waals surface area contributed by atoms with E-state index in [0.717, 1.165) is 5.56 Å². The predicted octanol–water partition coefficient (Wildman–Crippen LogP) is 1.62. The number of hydrogen-bond acceptors (Lipinski definition) is 6. The van der Waals surface area contributed by atoms with Crippen LogP contribution in [-0.2, 0) is 11.3 Å².